The molecule has 0 aliphatic carbocycles. The van der Waals surface area contributed by atoms with E-state index in [1.165, 1.54) is 5.56 Å². The molecule has 0 fully saturated rings. The molecule has 1 aromatic rings. The van der Waals surface area contributed by atoms with Gasteiger partial charge in [0.25, 0.3) is 0 Å². The molecule has 1 heteroatoms. The van der Waals surface area contributed by atoms with E-state index in [-0.39, 0.29) is 6.04 Å². The van der Waals surface area contributed by atoms with Crippen molar-refractivity contribution in [2.24, 2.45) is 5.73 Å². The molecule has 1 nitrogen and oxygen atoms in total. The standard InChI is InChI=1S/C13H17N/c1-10(2)13-8-6-12(7-9-13)5-4-11(3)14/h6-11H,14H2,1-3H3. The molecule has 0 spiro atoms. The molecule has 0 heterocycles. The van der Waals surface area contributed by atoms with Gasteiger partial charge < -0.3 is 5.73 Å². The molecule has 0 aliphatic rings. The van der Waals surface area contributed by atoms with Gasteiger partial charge in [0.2, 0.25) is 0 Å². The normalized spacial score (nSPS) is 12.1. The van der Waals surface area contributed by atoms with Crippen LogP contribution >= 0.6 is 0 Å². The van der Waals surface area contributed by atoms with Gasteiger partial charge in [-0.3, -0.25) is 0 Å². The first-order valence-electron chi connectivity index (χ1n) is 4.96. The Morgan fingerprint density at radius 2 is 1.64 bits per heavy atom. The average Bonchev–Trinajstić information content (AvgIpc) is 2.15. The summed E-state index contributed by atoms with van der Waals surface area (Å²) >= 11 is 0. The Hall–Kier alpha value is -1.26. The maximum atomic E-state index is 5.54. The van der Waals surface area contributed by atoms with Crippen LogP contribution in [0.2, 0.25) is 0 Å². The van der Waals surface area contributed by atoms with Crippen LogP contribution in [0.15, 0.2) is 24.3 Å². The van der Waals surface area contributed by atoms with Gasteiger partial charge in [-0.2, -0.15) is 0 Å². The SMILES string of the molecule is CC(N)C#Cc1ccc(C(C)C)cc1. The van der Waals surface area contributed by atoms with Gasteiger partial charge in [0.1, 0.15) is 0 Å². The number of hydrogen-bond donors (Lipinski definition) is 1. The highest BCUT2D eigenvalue weighted by Crippen LogP contribution is 2.13. The van der Waals surface area contributed by atoms with E-state index in [4.69, 9.17) is 5.73 Å². The molecule has 2 N–H and O–H groups in total. The lowest BCUT2D eigenvalue weighted by atomic mass is 10.0. The number of rotatable bonds is 1. The minimum absolute atomic E-state index is 0.0558. The van der Waals surface area contributed by atoms with Crippen molar-refractivity contribution in [3.05, 3.63) is 35.4 Å². The first-order chi connectivity index (χ1) is 6.59. The molecule has 0 saturated heterocycles. The van der Waals surface area contributed by atoms with Gasteiger partial charge in [0, 0.05) is 5.56 Å². The molecule has 1 atom stereocenters. The van der Waals surface area contributed by atoms with Crippen LogP contribution in [0.3, 0.4) is 0 Å². The molecular formula is C13H17N. The van der Waals surface area contributed by atoms with Crippen LogP contribution in [-0.4, -0.2) is 6.04 Å². The van der Waals surface area contributed by atoms with Gasteiger partial charge in [-0.1, -0.05) is 37.8 Å². The molecule has 0 aromatic heterocycles. The summed E-state index contributed by atoms with van der Waals surface area (Å²) in [5.41, 5.74) is 7.92. The smallest absolute Gasteiger partial charge is 0.0639 e. The van der Waals surface area contributed by atoms with E-state index in [2.05, 4.69) is 37.8 Å². The third-order valence-corrected chi connectivity index (χ3v) is 2.02. The second kappa shape index (κ2) is 4.83. The van der Waals surface area contributed by atoms with E-state index in [9.17, 15) is 0 Å². The van der Waals surface area contributed by atoms with Crippen molar-refractivity contribution in [1.82, 2.24) is 0 Å². The summed E-state index contributed by atoms with van der Waals surface area (Å²) in [6, 6.07) is 8.28. The second-order valence-electron chi connectivity index (χ2n) is 3.83. The van der Waals surface area contributed by atoms with E-state index in [0.29, 0.717) is 5.92 Å². The van der Waals surface area contributed by atoms with Crippen LogP contribution in [-0.2, 0) is 0 Å². The molecule has 1 aromatic carbocycles. The fourth-order valence-electron chi connectivity index (χ4n) is 1.15. The maximum Gasteiger partial charge on any atom is 0.0639 e. The van der Waals surface area contributed by atoms with E-state index in [1.807, 2.05) is 19.1 Å². The predicted molar refractivity (Wildman–Crippen MR) is 61.1 cm³/mol. The zero-order valence-electron chi connectivity index (χ0n) is 9.04. The lowest BCUT2D eigenvalue weighted by Crippen LogP contribution is -2.10. The van der Waals surface area contributed by atoms with Crippen LogP contribution in [0.1, 0.15) is 37.8 Å². The molecule has 1 unspecified atom stereocenters. The van der Waals surface area contributed by atoms with Crippen LogP contribution in [0.25, 0.3) is 0 Å². The van der Waals surface area contributed by atoms with Crippen molar-refractivity contribution in [3.8, 4) is 11.8 Å². The van der Waals surface area contributed by atoms with Crippen molar-refractivity contribution in [2.45, 2.75) is 32.7 Å². The van der Waals surface area contributed by atoms with Crippen LogP contribution in [0.5, 0.6) is 0 Å². The Morgan fingerprint density at radius 3 is 2.07 bits per heavy atom. The van der Waals surface area contributed by atoms with Crippen LogP contribution in [0.4, 0.5) is 0 Å². The summed E-state index contributed by atoms with van der Waals surface area (Å²) < 4.78 is 0. The van der Waals surface area contributed by atoms with Gasteiger partial charge in [0.15, 0.2) is 0 Å². The molecule has 0 aliphatic heterocycles. The van der Waals surface area contributed by atoms with Crippen molar-refractivity contribution in [2.75, 3.05) is 0 Å². The largest absolute Gasteiger partial charge is 0.318 e. The van der Waals surface area contributed by atoms with E-state index in [1.54, 1.807) is 0 Å². The monoisotopic (exact) mass is 187 g/mol. The highest BCUT2D eigenvalue weighted by atomic mass is 14.6. The second-order valence-corrected chi connectivity index (χ2v) is 3.83. The number of hydrogen-bond acceptors (Lipinski definition) is 1. The minimum Gasteiger partial charge on any atom is -0.318 e. The van der Waals surface area contributed by atoms with E-state index in [0.717, 1.165) is 5.56 Å². The highest BCUT2D eigenvalue weighted by molar-refractivity contribution is 5.37. The predicted octanol–water partition coefficient (Wildman–Crippen LogP) is 2.51. The Bertz CT molecular complexity index is 336. The average molecular weight is 187 g/mol. The molecule has 1 rings (SSSR count). The molecule has 0 radical (unpaired) electrons. The fourth-order valence-corrected chi connectivity index (χ4v) is 1.15. The molecule has 0 amide bonds. The highest BCUT2D eigenvalue weighted by Gasteiger charge is 1.96. The Balaban J connectivity index is 2.80. The minimum atomic E-state index is -0.0558. The summed E-state index contributed by atoms with van der Waals surface area (Å²) in [6.45, 7) is 6.25. The van der Waals surface area contributed by atoms with Gasteiger partial charge in [0.05, 0.1) is 6.04 Å². The summed E-state index contributed by atoms with van der Waals surface area (Å²) in [7, 11) is 0. The number of benzene rings is 1. The Morgan fingerprint density at radius 1 is 1.07 bits per heavy atom. The molecule has 74 valence electrons. The van der Waals surface area contributed by atoms with E-state index >= 15 is 0 Å². The maximum absolute atomic E-state index is 5.54. The summed E-state index contributed by atoms with van der Waals surface area (Å²) in [6.07, 6.45) is 0. The first-order valence-corrected chi connectivity index (χ1v) is 4.96. The lowest BCUT2D eigenvalue weighted by Gasteiger charge is -2.03. The zero-order chi connectivity index (χ0) is 10.6. The Labute approximate surface area is 86.3 Å². The fraction of sp³-hybridized carbons (Fsp3) is 0.385. The third kappa shape index (κ3) is 3.24. The Kier molecular flexibility index (Phi) is 3.73. The van der Waals surface area contributed by atoms with Gasteiger partial charge in [-0.05, 0) is 30.5 Å². The molecule has 0 bridgehead atoms. The zero-order valence-corrected chi connectivity index (χ0v) is 9.04. The topological polar surface area (TPSA) is 26.0 Å². The molecule has 0 saturated carbocycles. The number of nitrogens with two attached hydrogens (primary N) is 1. The lowest BCUT2D eigenvalue weighted by molar-refractivity contribution is 0.866. The van der Waals surface area contributed by atoms with Gasteiger partial charge in [-0.25, -0.2) is 0 Å². The van der Waals surface area contributed by atoms with E-state index < -0.39 is 0 Å². The van der Waals surface area contributed by atoms with Gasteiger partial charge >= 0.3 is 0 Å². The van der Waals surface area contributed by atoms with Crippen LogP contribution < -0.4 is 5.73 Å². The van der Waals surface area contributed by atoms with Crippen LogP contribution in [0, 0.1) is 11.8 Å². The summed E-state index contributed by atoms with van der Waals surface area (Å²) in [4.78, 5) is 0. The third-order valence-electron chi connectivity index (χ3n) is 2.02. The van der Waals surface area contributed by atoms with Crippen molar-refractivity contribution in [1.29, 1.82) is 0 Å². The molecule has 14 heavy (non-hydrogen) atoms. The summed E-state index contributed by atoms with van der Waals surface area (Å²) in [5.74, 6) is 6.55. The van der Waals surface area contributed by atoms with Crippen molar-refractivity contribution >= 4 is 0 Å². The quantitative estimate of drug-likeness (QED) is 0.672. The van der Waals surface area contributed by atoms with Crippen molar-refractivity contribution in [3.63, 3.8) is 0 Å². The first kappa shape index (κ1) is 10.8. The summed E-state index contributed by atoms with van der Waals surface area (Å²) in [5, 5.41) is 0. The van der Waals surface area contributed by atoms with Gasteiger partial charge in [-0.15, -0.1) is 0 Å². The molecular weight excluding hydrogens is 170 g/mol. The van der Waals surface area contributed by atoms with Crippen molar-refractivity contribution < 1.29 is 0 Å².